The Morgan fingerprint density at radius 1 is 0.825 bits per heavy atom. The van der Waals surface area contributed by atoms with Crippen LogP contribution < -0.4 is 5.32 Å². The van der Waals surface area contributed by atoms with Gasteiger partial charge in [-0.3, -0.25) is 24.3 Å². The van der Waals surface area contributed by atoms with Gasteiger partial charge in [0, 0.05) is 38.2 Å². The molecule has 4 N–H and O–H groups in total. The Labute approximate surface area is 331 Å². The van der Waals surface area contributed by atoms with Gasteiger partial charge in [0.15, 0.2) is 0 Å². The van der Waals surface area contributed by atoms with E-state index in [9.17, 15) is 24.3 Å². The molecule has 298 valence electrons. The Kier molecular flexibility index (Phi) is 11.4. The Balaban J connectivity index is 1.03. The van der Waals surface area contributed by atoms with Gasteiger partial charge in [0.1, 0.15) is 23.7 Å². The van der Waals surface area contributed by atoms with E-state index in [1.807, 2.05) is 68.1 Å². The van der Waals surface area contributed by atoms with Gasteiger partial charge in [0.25, 0.3) is 0 Å². The van der Waals surface area contributed by atoms with Crippen molar-refractivity contribution in [2.75, 3.05) is 20.1 Å². The van der Waals surface area contributed by atoms with Crippen LogP contribution in [0.4, 0.5) is 4.79 Å². The number of carbonyl (C=O) groups excluding carboxylic acids is 3. The number of nitrogens with one attached hydrogen (secondary N) is 3. The zero-order chi connectivity index (χ0) is 40.4. The molecular weight excluding hydrogens is 725 g/mol. The first kappa shape index (κ1) is 39.1. The molecule has 4 atom stereocenters. The van der Waals surface area contributed by atoms with Gasteiger partial charge in [-0.1, -0.05) is 57.5 Å². The van der Waals surface area contributed by atoms with Crippen molar-refractivity contribution < 1.29 is 24.3 Å². The molecule has 0 saturated carbocycles. The number of aromatic amines is 2. The summed E-state index contributed by atoms with van der Waals surface area (Å²) in [6, 6.07) is 12.1. The standard InChI is InChI=1S/C42H50N10O5/c1-6-9-30(46-25(4)53)40(54)51-18-7-10-35(51)38-45-23-34(49-38)28-16-17-29-31(20-28)43-21-32(47-29)26-12-14-27(15-13-26)33-22-44-39(48-33)36-11-8-19-52(36)41(55)37(24(2)3)50(5)42(56)57/h12-17,20-24,30,35-37H,6-11,18-19H2,1-5H3,(H,44,48)(H,45,49)(H,46,53)(H,56,57)/t30-,35-,36-,37-/m0/s1. The minimum Gasteiger partial charge on any atom is -0.465 e. The average molecular weight is 775 g/mol. The lowest BCUT2D eigenvalue weighted by Gasteiger charge is -2.33. The van der Waals surface area contributed by atoms with Crippen LogP contribution in [0.25, 0.3) is 44.8 Å². The van der Waals surface area contributed by atoms with Crippen LogP contribution in [0.1, 0.15) is 90.0 Å². The number of nitrogens with zero attached hydrogens (tertiary/aromatic N) is 7. The molecule has 2 aromatic carbocycles. The number of likely N-dealkylation sites (N-methyl/N-ethyl adjacent to an activating group) is 1. The number of H-pyrrole nitrogens is 2. The summed E-state index contributed by atoms with van der Waals surface area (Å²) in [7, 11) is 1.44. The summed E-state index contributed by atoms with van der Waals surface area (Å²) in [6.45, 7) is 8.33. The molecule has 15 nitrogen and oxygen atoms in total. The van der Waals surface area contributed by atoms with E-state index in [1.165, 1.54) is 14.0 Å². The topological polar surface area (TPSA) is 193 Å². The molecule has 4 amide bonds. The van der Waals surface area contributed by atoms with Gasteiger partial charge in [0.2, 0.25) is 17.7 Å². The van der Waals surface area contributed by atoms with Crippen molar-refractivity contribution in [2.24, 2.45) is 5.92 Å². The maximum absolute atomic E-state index is 13.6. The van der Waals surface area contributed by atoms with Gasteiger partial charge in [-0.05, 0) is 55.7 Å². The molecule has 0 radical (unpaired) electrons. The molecule has 2 aliphatic rings. The highest BCUT2D eigenvalue weighted by atomic mass is 16.4. The number of rotatable bonds is 12. The molecule has 2 fully saturated rings. The second-order valence-electron chi connectivity index (χ2n) is 15.4. The highest BCUT2D eigenvalue weighted by Crippen LogP contribution is 2.35. The van der Waals surface area contributed by atoms with E-state index in [0.29, 0.717) is 25.3 Å². The van der Waals surface area contributed by atoms with Crippen molar-refractivity contribution >= 4 is 34.8 Å². The van der Waals surface area contributed by atoms with Crippen LogP contribution in [-0.4, -0.2) is 106 Å². The van der Waals surface area contributed by atoms with Crippen LogP contribution >= 0.6 is 0 Å². The Morgan fingerprint density at radius 2 is 1.40 bits per heavy atom. The molecule has 57 heavy (non-hydrogen) atoms. The summed E-state index contributed by atoms with van der Waals surface area (Å²) in [5.41, 5.74) is 6.58. The normalized spacial score (nSPS) is 17.9. The highest BCUT2D eigenvalue weighted by Gasteiger charge is 2.40. The SMILES string of the molecule is CCC[C@H](NC(C)=O)C(=O)N1CCC[C@H]1c1ncc(-c2ccc3nc(-c4ccc(-c5cnc([C@@H]6CCCN6C(=O)[C@H](C(C)C)N(C)C(=O)O)[nH]5)cc4)cnc3c2)[nH]1. The number of benzene rings is 2. The van der Waals surface area contributed by atoms with E-state index in [2.05, 4.69) is 25.3 Å². The summed E-state index contributed by atoms with van der Waals surface area (Å²) in [6.07, 6.45) is 8.78. The number of hydrogen-bond donors (Lipinski definition) is 4. The molecule has 0 spiro atoms. The number of carboxylic acid groups (broad SMARTS) is 1. The van der Waals surface area contributed by atoms with Crippen LogP contribution in [0, 0.1) is 5.92 Å². The molecule has 2 saturated heterocycles. The molecular formula is C42H50N10O5. The van der Waals surface area contributed by atoms with Crippen molar-refractivity contribution in [3.05, 3.63) is 72.7 Å². The van der Waals surface area contributed by atoms with E-state index in [4.69, 9.17) is 9.97 Å². The molecule has 0 aliphatic carbocycles. The molecule has 3 aromatic heterocycles. The second-order valence-corrected chi connectivity index (χ2v) is 15.4. The fourth-order valence-corrected chi connectivity index (χ4v) is 8.25. The summed E-state index contributed by atoms with van der Waals surface area (Å²) < 4.78 is 0. The largest absolute Gasteiger partial charge is 0.465 e. The number of likely N-dealkylation sites (tertiary alicyclic amines) is 2. The van der Waals surface area contributed by atoms with Crippen molar-refractivity contribution in [1.29, 1.82) is 0 Å². The number of carbonyl (C=O) groups is 4. The zero-order valence-corrected chi connectivity index (χ0v) is 33.0. The van der Waals surface area contributed by atoms with Gasteiger partial charge in [0.05, 0.1) is 58.8 Å². The van der Waals surface area contributed by atoms with E-state index in [-0.39, 0.29) is 35.7 Å². The van der Waals surface area contributed by atoms with Crippen molar-refractivity contribution in [2.45, 2.75) is 90.4 Å². The summed E-state index contributed by atoms with van der Waals surface area (Å²) in [4.78, 5) is 81.1. The van der Waals surface area contributed by atoms with Gasteiger partial charge >= 0.3 is 6.09 Å². The minimum atomic E-state index is -1.13. The van der Waals surface area contributed by atoms with Crippen LogP contribution in [0.3, 0.4) is 0 Å². The van der Waals surface area contributed by atoms with Crippen molar-refractivity contribution in [1.82, 2.24) is 49.9 Å². The minimum absolute atomic E-state index is 0.0694. The lowest BCUT2D eigenvalue weighted by molar-refractivity contribution is -0.138. The smallest absolute Gasteiger partial charge is 0.407 e. The Morgan fingerprint density at radius 3 is 1.98 bits per heavy atom. The van der Waals surface area contributed by atoms with Gasteiger partial charge in [-0.2, -0.15) is 0 Å². The predicted molar refractivity (Wildman–Crippen MR) is 214 cm³/mol. The molecule has 5 heterocycles. The lowest BCUT2D eigenvalue weighted by Crippen LogP contribution is -2.51. The molecule has 5 aromatic rings. The molecule has 0 unspecified atom stereocenters. The fourth-order valence-electron chi connectivity index (χ4n) is 8.25. The first-order chi connectivity index (χ1) is 27.4. The number of fused-ring (bicyclic) bond motifs is 1. The third kappa shape index (κ3) is 8.09. The Bertz CT molecular complexity index is 2270. The first-order valence-electron chi connectivity index (χ1n) is 19.7. The number of amides is 4. The number of imidazole rings is 2. The molecule has 2 aliphatic heterocycles. The maximum atomic E-state index is 13.6. The lowest BCUT2D eigenvalue weighted by atomic mass is 10.0. The second kappa shape index (κ2) is 16.5. The summed E-state index contributed by atoms with van der Waals surface area (Å²) >= 11 is 0. The number of hydrogen-bond acceptors (Lipinski definition) is 8. The molecule has 7 rings (SSSR count). The van der Waals surface area contributed by atoms with E-state index < -0.39 is 18.2 Å². The van der Waals surface area contributed by atoms with Crippen molar-refractivity contribution in [3.8, 4) is 33.8 Å². The van der Waals surface area contributed by atoms with Gasteiger partial charge < -0.3 is 30.2 Å². The van der Waals surface area contributed by atoms with Crippen LogP contribution in [0.2, 0.25) is 0 Å². The van der Waals surface area contributed by atoms with Crippen LogP contribution in [-0.2, 0) is 14.4 Å². The Hall–Kier alpha value is -6.12. The van der Waals surface area contributed by atoms with E-state index >= 15 is 0 Å². The molecule has 15 heteroatoms. The van der Waals surface area contributed by atoms with Crippen LogP contribution in [0.5, 0.6) is 0 Å². The van der Waals surface area contributed by atoms with Crippen LogP contribution in [0.15, 0.2) is 61.1 Å². The number of aromatic nitrogens is 6. The van der Waals surface area contributed by atoms with Crippen molar-refractivity contribution in [3.63, 3.8) is 0 Å². The fraction of sp³-hybridized carbons (Fsp3) is 0.429. The van der Waals surface area contributed by atoms with Gasteiger partial charge in [-0.25, -0.2) is 19.7 Å². The summed E-state index contributed by atoms with van der Waals surface area (Å²) in [5.74, 6) is 0.744. The summed E-state index contributed by atoms with van der Waals surface area (Å²) in [5, 5.41) is 12.4. The quantitative estimate of drug-likeness (QED) is 0.112. The highest BCUT2D eigenvalue weighted by molar-refractivity contribution is 5.88. The third-order valence-corrected chi connectivity index (χ3v) is 11.1. The van der Waals surface area contributed by atoms with E-state index in [0.717, 1.165) is 87.6 Å². The van der Waals surface area contributed by atoms with Gasteiger partial charge in [-0.15, -0.1) is 0 Å². The predicted octanol–water partition coefficient (Wildman–Crippen LogP) is 6.34. The van der Waals surface area contributed by atoms with E-state index in [1.54, 1.807) is 23.5 Å². The third-order valence-electron chi connectivity index (χ3n) is 11.1. The average Bonchev–Trinajstić information content (AvgIpc) is 4.04. The maximum Gasteiger partial charge on any atom is 0.407 e. The molecule has 0 bridgehead atoms. The first-order valence-corrected chi connectivity index (χ1v) is 19.7. The zero-order valence-electron chi connectivity index (χ0n) is 33.0. The monoisotopic (exact) mass is 774 g/mol.